The largest absolute Gasteiger partial charge is 0.240 e. The Morgan fingerprint density at radius 2 is 2.06 bits per heavy atom. The fourth-order valence-corrected chi connectivity index (χ4v) is 2.52. The molecule has 1 N–H and O–H groups in total. The summed E-state index contributed by atoms with van der Waals surface area (Å²) < 4.78 is 26.3. The van der Waals surface area contributed by atoms with Gasteiger partial charge in [0.05, 0.1) is 4.90 Å². The van der Waals surface area contributed by atoms with Crippen LogP contribution >= 0.6 is 0 Å². The van der Waals surface area contributed by atoms with Crippen LogP contribution in [0.1, 0.15) is 17.5 Å². The third kappa shape index (κ3) is 4.03. The monoisotopic (exact) mass is 268 g/mol. The second kappa shape index (κ2) is 6.39. The molecule has 0 saturated heterocycles. The van der Waals surface area contributed by atoms with E-state index in [1.165, 1.54) is 0 Å². The number of rotatable bonds is 6. The highest BCUT2D eigenvalue weighted by Crippen LogP contribution is 2.14. The minimum Gasteiger partial charge on any atom is -0.211 e. The van der Waals surface area contributed by atoms with Crippen molar-refractivity contribution in [2.45, 2.75) is 25.2 Å². The van der Waals surface area contributed by atoms with E-state index >= 15 is 0 Å². The van der Waals surface area contributed by atoms with Gasteiger partial charge in [0, 0.05) is 18.0 Å². The summed E-state index contributed by atoms with van der Waals surface area (Å²) in [5.41, 5.74) is 10.1. The summed E-state index contributed by atoms with van der Waals surface area (Å²) in [6.45, 7) is 4.34. The number of nitrogens with zero attached hydrogens (tertiary/aromatic N) is 3. The van der Waals surface area contributed by atoms with E-state index in [1.807, 2.05) is 13.8 Å². The number of azide groups is 1. The van der Waals surface area contributed by atoms with E-state index in [0.29, 0.717) is 6.42 Å². The molecule has 0 amide bonds. The Morgan fingerprint density at radius 3 is 2.67 bits per heavy atom. The van der Waals surface area contributed by atoms with Crippen molar-refractivity contribution in [2.75, 3.05) is 13.1 Å². The highest BCUT2D eigenvalue weighted by Gasteiger charge is 2.13. The Bertz CT molecular complexity index is 562. The average Bonchev–Trinajstić information content (AvgIpc) is 2.32. The highest BCUT2D eigenvalue weighted by molar-refractivity contribution is 7.89. The molecule has 0 bridgehead atoms. The molecule has 0 fully saturated rings. The maximum Gasteiger partial charge on any atom is 0.240 e. The van der Waals surface area contributed by atoms with Gasteiger partial charge in [0.25, 0.3) is 0 Å². The normalized spacial score (nSPS) is 11.0. The zero-order valence-corrected chi connectivity index (χ0v) is 11.2. The Hall–Kier alpha value is -1.56. The SMILES string of the molecule is Cc1ccc(S(=O)(=O)NCCCN=[N+]=[N-])cc1C. The molecule has 0 spiro atoms. The standard InChI is InChI=1S/C11H16N4O2S/c1-9-4-5-11(8-10(9)2)18(16,17)14-7-3-6-13-15-12/h4-5,8,14H,3,6-7H2,1-2H3. The van der Waals surface area contributed by atoms with E-state index in [-0.39, 0.29) is 18.0 Å². The predicted octanol–water partition coefficient (Wildman–Crippen LogP) is 2.28. The van der Waals surface area contributed by atoms with Crippen LogP contribution in [0.15, 0.2) is 28.2 Å². The fourth-order valence-electron chi connectivity index (χ4n) is 1.37. The lowest BCUT2D eigenvalue weighted by atomic mass is 10.1. The number of sulfonamides is 1. The molecular formula is C11H16N4O2S. The zero-order valence-electron chi connectivity index (χ0n) is 10.4. The smallest absolute Gasteiger partial charge is 0.211 e. The number of nitrogens with one attached hydrogen (secondary N) is 1. The fraction of sp³-hybridized carbons (Fsp3) is 0.455. The van der Waals surface area contributed by atoms with Crippen LogP contribution in [0.25, 0.3) is 10.4 Å². The molecule has 0 aliphatic heterocycles. The molecule has 0 aliphatic carbocycles. The van der Waals surface area contributed by atoms with Crippen molar-refractivity contribution >= 4 is 10.0 Å². The molecule has 98 valence electrons. The van der Waals surface area contributed by atoms with E-state index in [2.05, 4.69) is 14.7 Å². The van der Waals surface area contributed by atoms with Gasteiger partial charge in [-0.05, 0) is 49.1 Å². The quantitative estimate of drug-likeness (QED) is 0.371. The summed E-state index contributed by atoms with van der Waals surface area (Å²) >= 11 is 0. The van der Waals surface area contributed by atoms with Crippen molar-refractivity contribution in [1.82, 2.24) is 4.72 Å². The number of hydrogen-bond acceptors (Lipinski definition) is 3. The zero-order chi connectivity index (χ0) is 13.6. The van der Waals surface area contributed by atoms with Crippen molar-refractivity contribution in [3.05, 3.63) is 39.8 Å². The van der Waals surface area contributed by atoms with Crippen molar-refractivity contribution in [3.8, 4) is 0 Å². The summed E-state index contributed by atoms with van der Waals surface area (Å²) in [5.74, 6) is 0. The van der Waals surface area contributed by atoms with Gasteiger partial charge in [-0.1, -0.05) is 11.2 Å². The van der Waals surface area contributed by atoms with Gasteiger partial charge in [0.15, 0.2) is 0 Å². The Labute approximate surface area is 107 Å². The van der Waals surface area contributed by atoms with E-state index < -0.39 is 10.0 Å². The summed E-state index contributed by atoms with van der Waals surface area (Å²) in [5, 5.41) is 3.34. The molecule has 6 nitrogen and oxygen atoms in total. The summed E-state index contributed by atoms with van der Waals surface area (Å²) in [6.07, 6.45) is 0.480. The maximum atomic E-state index is 11.9. The van der Waals surface area contributed by atoms with Gasteiger partial charge in [0.2, 0.25) is 10.0 Å². The molecule has 0 atom stereocenters. The first-order valence-electron chi connectivity index (χ1n) is 5.55. The number of aryl methyl sites for hydroxylation is 2. The van der Waals surface area contributed by atoms with Crippen LogP contribution in [0.4, 0.5) is 0 Å². The summed E-state index contributed by atoms with van der Waals surface area (Å²) in [7, 11) is -3.47. The van der Waals surface area contributed by atoms with Gasteiger partial charge in [0.1, 0.15) is 0 Å². The molecule has 0 radical (unpaired) electrons. The van der Waals surface area contributed by atoms with Crippen molar-refractivity contribution in [1.29, 1.82) is 0 Å². The summed E-state index contributed by atoms with van der Waals surface area (Å²) in [4.78, 5) is 2.86. The second-order valence-electron chi connectivity index (χ2n) is 3.95. The second-order valence-corrected chi connectivity index (χ2v) is 5.72. The van der Waals surface area contributed by atoms with Crippen LogP contribution in [0.2, 0.25) is 0 Å². The molecule has 0 aromatic heterocycles. The molecule has 0 aliphatic rings. The van der Waals surface area contributed by atoms with Crippen LogP contribution in [0, 0.1) is 13.8 Å². The molecule has 0 heterocycles. The van der Waals surface area contributed by atoms with Gasteiger partial charge in [-0.2, -0.15) is 0 Å². The lowest BCUT2D eigenvalue weighted by Gasteiger charge is -2.08. The highest BCUT2D eigenvalue weighted by atomic mass is 32.2. The molecule has 7 heteroatoms. The predicted molar refractivity (Wildman–Crippen MR) is 69.7 cm³/mol. The van der Waals surface area contributed by atoms with E-state index in [9.17, 15) is 8.42 Å². The molecule has 1 aromatic rings. The minimum absolute atomic E-state index is 0.258. The first-order chi connectivity index (χ1) is 8.47. The molecule has 1 rings (SSSR count). The molecule has 0 saturated carbocycles. The minimum atomic E-state index is -3.47. The Balaban J connectivity index is 2.68. The lowest BCUT2D eigenvalue weighted by molar-refractivity contribution is 0.579. The van der Waals surface area contributed by atoms with E-state index in [1.54, 1.807) is 18.2 Å². The summed E-state index contributed by atoms with van der Waals surface area (Å²) in [6, 6.07) is 5.01. The van der Waals surface area contributed by atoms with Gasteiger partial charge < -0.3 is 0 Å². The van der Waals surface area contributed by atoms with E-state index in [4.69, 9.17) is 5.53 Å². The molecular weight excluding hydrogens is 252 g/mol. The molecule has 18 heavy (non-hydrogen) atoms. The van der Waals surface area contributed by atoms with Gasteiger partial charge in [-0.3, -0.25) is 0 Å². The number of benzene rings is 1. The topological polar surface area (TPSA) is 94.9 Å². The van der Waals surface area contributed by atoms with Gasteiger partial charge >= 0.3 is 0 Å². The van der Waals surface area contributed by atoms with Gasteiger partial charge in [-0.15, -0.1) is 0 Å². The lowest BCUT2D eigenvalue weighted by Crippen LogP contribution is -2.25. The van der Waals surface area contributed by atoms with Crippen molar-refractivity contribution in [2.24, 2.45) is 5.11 Å². The maximum absolute atomic E-state index is 11.9. The first-order valence-corrected chi connectivity index (χ1v) is 7.03. The average molecular weight is 268 g/mol. The van der Waals surface area contributed by atoms with E-state index in [0.717, 1.165) is 11.1 Å². The third-order valence-electron chi connectivity index (χ3n) is 2.58. The number of hydrogen-bond donors (Lipinski definition) is 1. The van der Waals surface area contributed by atoms with Crippen LogP contribution in [0.5, 0.6) is 0 Å². The molecule has 0 unspecified atom stereocenters. The van der Waals surface area contributed by atoms with Crippen molar-refractivity contribution in [3.63, 3.8) is 0 Å². The van der Waals surface area contributed by atoms with Crippen LogP contribution in [0.3, 0.4) is 0 Å². The van der Waals surface area contributed by atoms with Crippen molar-refractivity contribution < 1.29 is 8.42 Å². The Morgan fingerprint density at radius 1 is 1.33 bits per heavy atom. The van der Waals surface area contributed by atoms with Crippen LogP contribution in [-0.2, 0) is 10.0 Å². The van der Waals surface area contributed by atoms with Crippen LogP contribution < -0.4 is 4.72 Å². The van der Waals surface area contributed by atoms with Gasteiger partial charge in [-0.25, -0.2) is 13.1 Å². The Kier molecular flexibility index (Phi) is 5.15. The third-order valence-corrected chi connectivity index (χ3v) is 4.04. The molecule has 1 aromatic carbocycles. The van der Waals surface area contributed by atoms with Crippen LogP contribution in [-0.4, -0.2) is 21.5 Å². The first kappa shape index (κ1) is 14.5.